The second-order valence-corrected chi connectivity index (χ2v) is 4.30. The molecule has 0 aliphatic carbocycles. The van der Waals surface area contributed by atoms with E-state index in [2.05, 4.69) is 11.2 Å². The summed E-state index contributed by atoms with van der Waals surface area (Å²) in [4.78, 5) is 11.7. The van der Waals surface area contributed by atoms with E-state index in [-0.39, 0.29) is 16.7 Å². The van der Waals surface area contributed by atoms with Gasteiger partial charge >= 0.3 is 0 Å². The number of phenolic OH excluding ortho intramolecular Hbond substituents is 1. The quantitative estimate of drug-likeness (QED) is 0.775. The molecule has 0 radical (unpaired) electrons. The average Bonchev–Trinajstić information content (AvgIpc) is 2.21. The highest BCUT2D eigenvalue weighted by Gasteiger charge is 2.18. The van der Waals surface area contributed by atoms with Crippen LogP contribution in [0, 0.1) is 12.3 Å². The zero-order chi connectivity index (χ0) is 12.3. The molecule has 0 atom stereocenters. The molecule has 0 fully saturated rings. The van der Waals surface area contributed by atoms with E-state index in [1.165, 1.54) is 18.2 Å². The average molecular weight is 238 g/mol. The molecule has 0 aromatic heterocycles. The van der Waals surface area contributed by atoms with Crippen LogP contribution < -0.4 is 5.32 Å². The predicted octanol–water partition coefficient (Wildman–Crippen LogP) is 2.19. The molecule has 0 heterocycles. The molecule has 0 spiro atoms. The van der Waals surface area contributed by atoms with Crippen molar-refractivity contribution in [3.63, 3.8) is 0 Å². The second kappa shape index (κ2) is 4.46. The van der Waals surface area contributed by atoms with Crippen molar-refractivity contribution in [2.45, 2.75) is 19.4 Å². The van der Waals surface area contributed by atoms with Crippen molar-refractivity contribution in [2.24, 2.45) is 0 Å². The molecule has 3 nitrogen and oxygen atoms in total. The first-order chi connectivity index (χ1) is 7.35. The Labute approximate surface area is 99.4 Å². The zero-order valence-electron chi connectivity index (χ0n) is 9.04. The van der Waals surface area contributed by atoms with Gasteiger partial charge in [-0.1, -0.05) is 17.5 Å². The molecular weight excluding hydrogens is 226 g/mol. The Kier molecular flexibility index (Phi) is 3.46. The van der Waals surface area contributed by atoms with E-state index in [0.717, 1.165) is 0 Å². The van der Waals surface area contributed by atoms with Gasteiger partial charge in [-0.2, -0.15) is 0 Å². The number of rotatable bonds is 2. The number of carbonyl (C=O) groups is 1. The Morgan fingerprint density at radius 1 is 1.56 bits per heavy atom. The second-order valence-electron chi connectivity index (χ2n) is 3.89. The van der Waals surface area contributed by atoms with Crippen molar-refractivity contribution < 1.29 is 9.90 Å². The number of carbonyl (C=O) groups excluding carboxylic acids is 1. The fraction of sp³-hybridized carbons (Fsp3) is 0.250. The minimum Gasteiger partial charge on any atom is -0.506 e. The van der Waals surface area contributed by atoms with Gasteiger partial charge in [0.1, 0.15) is 5.75 Å². The van der Waals surface area contributed by atoms with E-state index >= 15 is 0 Å². The third kappa shape index (κ3) is 2.91. The summed E-state index contributed by atoms with van der Waals surface area (Å²) in [6, 6.07) is 4.22. The van der Waals surface area contributed by atoms with Crippen LogP contribution >= 0.6 is 11.6 Å². The fourth-order valence-corrected chi connectivity index (χ4v) is 1.22. The summed E-state index contributed by atoms with van der Waals surface area (Å²) in [7, 11) is 0. The maximum absolute atomic E-state index is 11.7. The highest BCUT2D eigenvalue weighted by Crippen LogP contribution is 2.23. The van der Waals surface area contributed by atoms with Gasteiger partial charge in [0, 0.05) is 5.56 Å². The summed E-state index contributed by atoms with van der Waals surface area (Å²) in [6.07, 6.45) is 5.26. The summed E-state index contributed by atoms with van der Waals surface area (Å²) in [5, 5.41) is 12.0. The van der Waals surface area contributed by atoms with E-state index in [1.807, 2.05) is 0 Å². The molecule has 1 aromatic rings. The summed E-state index contributed by atoms with van der Waals surface area (Å²) in [6.45, 7) is 3.43. The van der Waals surface area contributed by atoms with Crippen LogP contribution in [-0.2, 0) is 0 Å². The molecule has 1 rings (SSSR count). The number of aromatic hydroxyl groups is 1. The number of nitrogens with one attached hydrogen (secondary N) is 1. The predicted molar refractivity (Wildman–Crippen MR) is 63.5 cm³/mol. The van der Waals surface area contributed by atoms with Crippen molar-refractivity contribution >= 4 is 17.5 Å². The largest absolute Gasteiger partial charge is 0.506 e. The summed E-state index contributed by atoms with van der Waals surface area (Å²) >= 11 is 5.69. The van der Waals surface area contributed by atoms with Crippen LogP contribution in [-0.4, -0.2) is 16.6 Å². The molecule has 1 amide bonds. The number of hydrogen-bond acceptors (Lipinski definition) is 2. The van der Waals surface area contributed by atoms with Gasteiger partial charge in [-0.05, 0) is 32.0 Å². The lowest BCUT2D eigenvalue weighted by atomic mass is 10.1. The standard InChI is InChI=1S/C12H12ClNO2/c1-4-12(2,3)14-11(16)8-5-6-10(15)9(13)7-8/h1,5-7,15H,2-3H3,(H,14,16). The molecule has 16 heavy (non-hydrogen) atoms. The van der Waals surface area contributed by atoms with E-state index in [9.17, 15) is 9.90 Å². The molecule has 2 N–H and O–H groups in total. The van der Waals surface area contributed by atoms with Gasteiger partial charge < -0.3 is 10.4 Å². The first-order valence-corrected chi connectivity index (χ1v) is 5.02. The van der Waals surface area contributed by atoms with E-state index in [1.54, 1.807) is 13.8 Å². The number of hydrogen-bond donors (Lipinski definition) is 2. The van der Waals surface area contributed by atoms with E-state index in [0.29, 0.717) is 5.56 Å². The Balaban J connectivity index is 2.91. The molecule has 1 aromatic carbocycles. The van der Waals surface area contributed by atoms with Crippen molar-refractivity contribution in [1.29, 1.82) is 0 Å². The molecule has 0 saturated heterocycles. The van der Waals surface area contributed by atoms with Gasteiger partial charge in [0.25, 0.3) is 5.91 Å². The number of phenols is 1. The first-order valence-electron chi connectivity index (χ1n) is 4.64. The van der Waals surface area contributed by atoms with Gasteiger partial charge in [-0.3, -0.25) is 4.79 Å². The fourth-order valence-electron chi connectivity index (χ4n) is 1.04. The van der Waals surface area contributed by atoms with Crippen LogP contribution in [0.4, 0.5) is 0 Å². The van der Waals surface area contributed by atoms with Crippen LogP contribution in [0.15, 0.2) is 18.2 Å². The molecule has 0 aliphatic rings. The molecule has 84 valence electrons. The minimum atomic E-state index is -0.721. The lowest BCUT2D eigenvalue weighted by Gasteiger charge is -2.19. The molecule has 0 saturated carbocycles. The SMILES string of the molecule is C#CC(C)(C)NC(=O)c1ccc(O)c(Cl)c1. The number of benzene rings is 1. The van der Waals surface area contributed by atoms with Gasteiger partial charge in [0.05, 0.1) is 10.6 Å². The molecule has 0 unspecified atom stereocenters. The van der Waals surface area contributed by atoms with Gasteiger partial charge in [-0.25, -0.2) is 0 Å². The van der Waals surface area contributed by atoms with Gasteiger partial charge in [0.2, 0.25) is 0 Å². The summed E-state index contributed by atoms with van der Waals surface area (Å²) in [5.41, 5.74) is -0.368. The zero-order valence-corrected chi connectivity index (χ0v) is 9.80. The Morgan fingerprint density at radius 2 is 2.19 bits per heavy atom. The number of terminal acetylenes is 1. The first kappa shape index (κ1) is 12.4. The van der Waals surface area contributed by atoms with Crippen molar-refractivity contribution in [3.05, 3.63) is 28.8 Å². The smallest absolute Gasteiger partial charge is 0.252 e. The van der Waals surface area contributed by atoms with E-state index in [4.69, 9.17) is 18.0 Å². The number of halogens is 1. The van der Waals surface area contributed by atoms with Crippen molar-refractivity contribution in [2.75, 3.05) is 0 Å². The maximum atomic E-state index is 11.7. The summed E-state index contributed by atoms with van der Waals surface area (Å²) in [5.74, 6) is 2.06. The Bertz CT molecular complexity index is 461. The van der Waals surface area contributed by atoms with Gasteiger partial charge in [0.15, 0.2) is 0 Å². The Hall–Kier alpha value is -1.66. The van der Waals surface area contributed by atoms with Crippen LogP contribution in [0.2, 0.25) is 5.02 Å². The van der Waals surface area contributed by atoms with E-state index < -0.39 is 5.54 Å². The van der Waals surface area contributed by atoms with Crippen molar-refractivity contribution in [1.82, 2.24) is 5.32 Å². The minimum absolute atomic E-state index is 0.0607. The third-order valence-electron chi connectivity index (χ3n) is 2.00. The van der Waals surface area contributed by atoms with Crippen molar-refractivity contribution in [3.8, 4) is 18.1 Å². The van der Waals surface area contributed by atoms with Crippen LogP contribution in [0.3, 0.4) is 0 Å². The molecule has 4 heteroatoms. The van der Waals surface area contributed by atoms with Gasteiger partial charge in [-0.15, -0.1) is 6.42 Å². The van der Waals surface area contributed by atoms with Crippen LogP contribution in [0.5, 0.6) is 5.75 Å². The highest BCUT2D eigenvalue weighted by molar-refractivity contribution is 6.32. The third-order valence-corrected chi connectivity index (χ3v) is 2.30. The number of amides is 1. The molecule has 0 aliphatic heterocycles. The highest BCUT2D eigenvalue weighted by atomic mass is 35.5. The lowest BCUT2D eigenvalue weighted by Crippen LogP contribution is -2.42. The monoisotopic (exact) mass is 237 g/mol. The maximum Gasteiger partial charge on any atom is 0.252 e. The molecule has 0 bridgehead atoms. The van der Waals surface area contributed by atoms with Crippen LogP contribution in [0.25, 0.3) is 0 Å². The van der Waals surface area contributed by atoms with Crippen LogP contribution in [0.1, 0.15) is 24.2 Å². The Morgan fingerprint density at radius 3 is 2.69 bits per heavy atom. The summed E-state index contributed by atoms with van der Waals surface area (Å²) < 4.78 is 0. The molecular formula is C12H12ClNO2. The normalized spacial score (nSPS) is 10.6. The lowest BCUT2D eigenvalue weighted by molar-refractivity contribution is 0.0930. The topological polar surface area (TPSA) is 49.3 Å².